The molecule has 5 N–H and O–H groups in total. The van der Waals surface area contributed by atoms with Crippen LogP contribution in [-0.4, -0.2) is 47.3 Å². The third-order valence-corrected chi connectivity index (χ3v) is 5.51. The van der Waals surface area contributed by atoms with Gasteiger partial charge >= 0.3 is 0 Å². The van der Waals surface area contributed by atoms with Crippen LogP contribution in [0.15, 0.2) is 67.0 Å². The lowest BCUT2D eigenvalue weighted by molar-refractivity contribution is 0.0954. The summed E-state index contributed by atoms with van der Waals surface area (Å²) in [5.41, 5.74) is 12.1. The Hall–Kier alpha value is -3.97. The molecule has 0 radical (unpaired) electrons. The number of hydrogen-bond acceptors (Lipinski definition) is 4. The van der Waals surface area contributed by atoms with Crippen LogP contribution in [0.1, 0.15) is 27.2 Å². The van der Waals surface area contributed by atoms with Crippen LogP contribution in [-0.2, 0) is 13.0 Å². The summed E-state index contributed by atoms with van der Waals surface area (Å²) >= 11 is 0. The van der Waals surface area contributed by atoms with Crippen LogP contribution < -0.4 is 11.1 Å². The number of hydrogen-bond donors (Lipinski definition) is 4. The maximum atomic E-state index is 12.6. The zero-order valence-corrected chi connectivity index (χ0v) is 18.9. The Morgan fingerprint density at radius 3 is 2.61 bits per heavy atom. The number of amidine groups is 1. The molecule has 0 spiro atoms. The molecule has 0 unspecified atom stereocenters. The summed E-state index contributed by atoms with van der Waals surface area (Å²) in [6.07, 6.45) is 4.25. The number of carbonyl (C=O) groups excluding carboxylic acids is 1. The van der Waals surface area contributed by atoms with E-state index in [2.05, 4.69) is 26.3 Å². The van der Waals surface area contributed by atoms with E-state index in [4.69, 9.17) is 11.1 Å². The van der Waals surface area contributed by atoms with Crippen LogP contribution in [0.3, 0.4) is 0 Å². The quantitative estimate of drug-likeness (QED) is 0.248. The first-order valence-corrected chi connectivity index (χ1v) is 10.8. The summed E-state index contributed by atoms with van der Waals surface area (Å²) in [6.45, 7) is 1.30. The number of H-pyrrole nitrogens is 1. The standard InChI is InChI=1S/C26H28N6O/c1-32(2)16-21-14-20(10-12-29-21)18-4-6-19(7-5-18)26(33)30-11-9-17-3-8-24-22(13-17)23(15-31-24)25(27)28/h3-8,10,12-15,31H,9,11,16H2,1-2H3,(H3,27,28)(H,30,33). The highest BCUT2D eigenvalue weighted by Gasteiger charge is 2.09. The second-order valence-corrected chi connectivity index (χ2v) is 8.35. The Labute approximate surface area is 193 Å². The van der Waals surface area contributed by atoms with Gasteiger partial charge in [0.2, 0.25) is 0 Å². The van der Waals surface area contributed by atoms with Gasteiger partial charge in [0.1, 0.15) is 5.84 Å². The van der Waals surface area contributed by atoms with Gasteiger partial charge in [-0.15, -0.1) is 0 Å². The van der Waals surface area contributed by atoms with Gasteiger partial charge in [-0.05, 0) is 73.6 Å². The second kappa shape index (κ2) is 9.67. The monoisotopic (exact) mass is 440 g/mol. The summed E-state index contributed by atoms with van der Waals surface area (Å²) < 4.78 is 0. The van der Waals surface area contributed by atoms with Gasteiger partial charge in [0.25, 0.3) is 5.91 Å². The van der Waals surface area contributed by atoms with Gasteiger partial charge in [0.05, 0.1) is 5.69 Å². The van der Waals surface area contributed by atoms with Crippen molar-refractivity contribution in [3.63, 3.8) is 0 Å². The number of amides is 1. The number of rotatable bonds is 8. The number of nitrogens with two attached hydrogens (primary N) is 1. The van der Waals surface area contributed by atoms with Crippen LogP contribution in [0, 0.1) is 5.41 Å². The van der Waals surface area contributed by atoms with E-state index in [1.165, 1.54) is 0 Å². The lowest BCUT2D eigenvalue weighted by Gasteiger charge is -2.10. The normalized spacial score (nSPS) is 11.1. The third kappa shape index (κ3) is 5.27. The van der Waals surface area contributed by atoms with Crippen molar-refractivity contribution in [3.05, 3.63) is 89.4 Å². The zero-order chi connectivity index (χ0) is 23.4. The van der Waals surface area contributed by atoms with Gasteiger partial charge in [-0.1, -0.05) is 18.2 Å². The van der Waals surface area contributed by atoms with E-state index in [0.29, 0.717) is 24.1 Å². The maximum absolute atomic E-state index is 12.6. The highest BCUT2D eigenvalue weighted by atomic mass is 16.1. The predicted octanol–water partition coefficient (Wildman–Crippen LogP) is 3.55. The van der Waals surface area contributed by atoms with Crippen molar-refractivity contribution in [2.45, 2.75) is 13.0 Å². The van der Waals surface area contributed by atoms with Crippen LogP contribution >= 0.6 is 0 Å². The molecule has 0 atom stereocenters. The molecule has 0 aliphatic carbocycles. The number of aromatic amines is 1. The fraction of sp³-hybridized carbons (Fsp3) is 0.192. The molecule has 4 aromatic rings. The molecule has 0 saturated heterocycles. The molecule has 0 aliphatic rings. The SMILES string of the molecule is CN(C)Cc1cc(-c2ccc(C(=O)NCCc3ccc4[nH]cc(C(=N)N)c4c3)cc2)ccn1. The largest absolute Gasteiger partial charge is 0.384 e. The number of nitrogen functional groups attached to an aromatic ring is 1. The van der Waals surface area contributed by atoms with Crippen molar-refractivity contribution in [3.8, 4) is 11.1 Å². The summed E-state index contributed by atoms with van der Waals surface area (Å²) in [7, 11) is 4.04. The number of nitrogens with zero attached hydrogens (tertiary/aromatic N) is 2. The Balaban J connectivity index is 1.37. The fourth-order valence-corrected chi connectivity index (χ4v) is 3.85. The van der Waals surface area contributed by atoms with Gasteiger partial charge in [-0.2, -0.15) is 0 Å². The van der Waals surface area contributed by atoms with Crippen LogP contribution in [0.4, 0.5) is 0 Å². The van der Waals surface area contributed by atoms with E-state index in [0.717, 1.165) is 39.8 Å². The molecule has 2 aromatic carbocycles. The summed E-state index contributed by atoms with van der Waals surface area (Å²) in [6, 6.07) is 17.7. The number of aromatic nitrogens is 2. The fourth-order valence-electron chi connectivity index (χ4n) is 3.85. The van der Waals surface area contributed by atoms with E-state index in [9.17, 15) is 4.79 Å². The molecule has 0 aliphatic heterocycles. The van der Waals surface area contributed by atoms with Crippen molar-refractivity contribution >= 4 is 22.6 Å². The molecule has 0 bridgehead atoms. The van der Waals surface area contributed by atoms with E-state index in [1.807, 2.05) is 68.8 Å². The molecule has 2 heterocycles. The van der Waals surface area contributed by atoms with Crippen molar-refractivity contribution in [2.75, 3.05) is 20.6 Å². The van der Waals surface area contributed by atoms with Gasteiger partial charge in [-0.25, -0.2) is 0 Å². The van der Waals surface area contributed by atoms with E-state index >= 15 is 0 Å². The van der Waals surface area contributed by atoms with E-state index in [1.54, 1.807) is 6.20 Å². The zero-order valence-electron chi connectivity index (χ0n) is 18.9. The maximum Gasteiger partial charge on any atom is 0.251 e. The highest BCUT2D eigenvalue weighted by molar-refractivity contribution is 6.07. The molecule has 7 nitrogen and oxygen atoms in total. The lowest BCUT2D eigenvalue weighted by Crippen LogP contribution is -2.25. The average Bonchev–Trinajstić information content (AvgIpc) is 3.22. The number of nitrogens with one attached hydrogen (secondary N) is 3. The van der Waals surface area contributed by atoms with Gasteiger partial charge in [0.15, 0.2) is 0 Å². The number of benzene rings is 2. The van der Waals surface area contributed by atoms with Crippen LogP contribution in [0.25, 0.3) is 22.0 Å². The minimum Gasteiger partial charge on any atom is -0.384 e. The lowest BCUT2D eigenvalue weighted by atomic mass is 10.0. The molecule has 1 amide bonds. The smallest absolute Gasteiger partial charge is 0.251 e. The van der Waals surface area contributed by atoms with E-state index < -0.39 is 0 Å². The number of pyridine rings is 1. The van der Waals surface area contributed by atoms with Crippen molar-refractivity contribution in [1.29, 1.82) is 5.41 Å². The van der Waals surface area contributed by atoms with Crippen molar-refractivity contribution in [2.24, 2.45) is 5.73 Å². The van der Waals surface area contributed by atoms with Crippen molar-refractivity contribution < 1.29 is 4.79 Å². The third-order valence-electron chi connectivity index (χ3n) is 5.51. The summed E-state index contributed by atoms with van der Waals surface area (Å²) in [4.78, 5) is 22.2. The Morgan fingerprint density at radius 2 is 1.88 bits per heavy atom. The second-order valence-electron chi connectivity index (χ2n) is 8.35. The molecular weight excluding hydrogens is 412 g/mol. The highest BCUT2D eigenvalue weighted by Crippen LogP contribution is 2.21. The number of carbonyl (C=O) groups is 1. The molecule has 7 heteroatoms. The Morgan fingerprint density at radius 1 is 1.09 bits per heavy atom. The topological polar surface area (TPSA) is 111 Å². The molecule has 2 aromatic heterocycles. The Bertz CT molecular complexity index is 1290. The molecule has 168 valence electrons. The van der Waals surface area contributed by atoms with Crippen LogP contribution in [0.5, 0.6) is 0 Å². The van der Waals surface area contributed by atoms with E-state index in [-0.39, 0.29) is 11.7 Å². The van der Waals surface area contributed by atoms with Crippen LogP contribution in [0.2, 0.25) is 0 Å². The molecule has 0 saturated carbocycles. The molecule has 33 heavy (non-hydrogen) atoms. The van der Waals surface area contributed by atoms with Crippen molar-refractivity contribution in [1.82, 2.24) is 20.2 Å². The Kier molecular flexibility index (Phi) is 6.51. The van der Waals surface area contributed by atoms with Gasteiger partial charge in [0, 0.05) is 47.5 Å². The van der Waals surface area contributed by atoms with Gasteiger partial charge in [-0.3, -0.25) is 15.2 Å². The molecular formula is C26H28N6O. The average molecular weight is 441 g/mol. The summed E-state index contributed by atoms with van der Waals surface area (Å²) in [5, 5.41) is 11.6. The first-order chi connectivity index (χ1) is 15.9. The first kappa shape index (κ1) is 22.2. The molecule has 0 fully saturated rings. The predicted molar refractivity (Wildman–Crippen MR) is 132 cm³/mol. The number of fused-ring (bicyclic) bond motifs is 1. The minimum atomic E-state index is -0.100. The van der Waals surface area contributed by atoms with Gasteiger partial charge < -0.3 is 20.9 Å². The molecule has 4 rings (SSSR count). The minimum absolute atomic E-state index is 0.0378. The first-order valence-electron chi connectivity index (χ1n) is 10.8. The summed E-state index contributed by atoms with van der Waals surface area (Å²) in [5.74, 6) is -0.0624.